The highest BCUT2D eigenvalue weighted by Crippen LogP contribution is 2.03. The molecule has 0 saturated heterocycles. The van der Waals surface area contributed by atoms with Gasteiger partial charge in [0.25, 0.3) is 0 Å². The summed E-state index contributed by atoms with van der Waals surface area (Å²) in [5, 5.41) is 2.83. The van der Waals surface area contributed by atoms with Crippen LogP contribution in [0.4, 0.5) is 0 Å². The molecule has 0 heterocycles. The van der Waals surface area contributed by atoms with Crippen LogP contribution in [0.1, 0.15) is 53.4 Å². The van der Waals surface area contributed by atoms with E-state index in [4.69, 9.17) is 4.74 Å². The van der Waals surface area contributed by atoms with E-state index in [1.807, 2.05) is 13.8 Å². The average molecular weight is 271 g/mol. The molecule has 1 N–H and O–H groups in total. The SMILES string of the molecule is CC(C)CCC(=O)NCCOCCCC(=O)C(C)C. The Labute approximate surface area is 117 Å². The quantitative estimate of drug-likeness (QED) is 0.588. The van der Waals surface area contributed by atoms with E-state index < -0.39 is 0 Å². The molecule has 0 aliphatic rings. The lowest BCUT2D eigenvalue weighted by atomic mass is 10.1. The standard InChI is InChI=1S/C15H29NO3/c1-12(2)7-8-15(18)16-9-11-19-10-5-6-14(17)13(3)4/h12-13H,5-11H2,1-4H3,(H,16,18). The third kappa shape index (κ3) is 11.9. The lowest BCUT2D eigenvalue weighted by Crippen LogP contribution is -2.27. The molecule has 1 amide bonds. The molecular formula is C15H29NO3. The van der Waals surface area contributed by atoms with Gasteiger partial charge in [-0.3, -0.25) is 9.59 Å². The molecule has 0 aromatic rings. The zero-order valence-corrected chi connectivity index (χ0v) is 12.8. The summed E-state index contributed by atoms with van der Waals surface area (Å²) < 4.78 is 5.37. The summed E-state index contributed by atoms with van der Waals surface area (Å²) >= 11 is 0. The maximum Gasteiger partial charge on any atom is 0.220 e. The highest BCUT2D eigenvalue weighted by atomic mass is 16.5. The molecule has 0 saturated carbocycles. The first-order valence-electron chi connectivity index (χ1n) is 7.30. The van der Waals surface area contributed by atoms with E-state index in [-0.39, 0.29) is 17.6 Å². The number of rotatable bonds is 11. The molecule has 0 aromatic carbocycles. The van der Waals surface area contributed by atoms with Crippen molar-refractivity contribution in [2.45, 2.75) is 53.4 Å². The van der Waals surface area contributed by atoms with E-state index >= 15 is 0 Å². The maximum absolute atomic E-state index is 11.4. The number of ether oxygens (including phenoxy) is 1. The molecule has 0 aliphatic carbocycles. The fourth-order valence-electron chi connectivity index (χ4n) is 1.51. The minimum absolute atomic E-state index is 0.0901. The van der Waals surface area contributed by atoms with Gasteiger partial charge in [0.05, 0.1) is 6.61 Å². The van der Waals surface area contributed by atoms with Gasteiger partial charge in [-0.1, -0.05) is 27.7 Å². The third-order valence-corrected chi connectivity index (χ3v) is 2.87. The highest BCUT2D eigenvalue weighted by Gasteiger charge is 2.06. The molecule has 0 aliphatic heterocycles. The molecule has 112 valence electrons. The van der Waals surface area contributed by atoms with Crippen molar-refractivity contribution in [2.24, 2.45) is 11.8 Å². The van der Waals surface area contributed by atoms with Crippen molar-refractivity contribution in [3.63, 3.8) is 0 Å². The summed E-state index contributed by atoms with van der Waals surface area (Å²) in [6.07, 6.45) is 2.85. The van der Waals surface area contributed by atoms with Crippen LogP contribution in [0, 0.1) is 11.8 Å². The smallest absolute Gasteiger partial charge is 0.220 e. The van der Waals surface area contributed by atoms with Crippen LogP contribution in [0.2, 0.25) is 0 Å². The molecular weight excluding hydrogens is 242 g/mol. The first kappa shape index (κ1) is 18.1. The Morgan fingerprint density at radius 1 is 1.05 bits per heavy atom. The molecule has 0 radical (unpaired) electrons. The Balaban J connectivity index is 3.31. The summed E-state index contributed by atoms with van der Waals surface area (Å²) in [7, 11) is 0. The number of Topliss-reactive ketones (excluding diaryl/α,β-unsaturated/α-hetero) is 1. The van der Waals surface area contributed by atoms with Crippen LogP contribution in [0.15, 0.2) is 0 Å². The lowest BCUT2D eigenvalue weighted by Gasteiger charge is -2.08. The van der Waals surface area contributed by atoms with Crippen LogP contribution < -0.4 is 5.32 Å². The van der Waals surface area contributed by atoms with E-state index in [2.05, 4.69) is 19.2 Å². The van der Waals surface area contributed by atoms with Crippen LogP contribution in [-0.4, -0.2) is 31.4 Å². The Hall–Kier alpha value is -0.900. The third-order valence-electron chi connectivity index (χ3n) is 2.87. The summed E-state index contributed by atoms with van der Waals surface area (Å²) in [5.74, 6) is 1.04. The molecule has 19 heavy (non-hydrogen) atoms. The van der Waals surface area contributed by atoms with Crippen LogP contribution >= 0.6 is 0 Å². The molecule has 0 rings (SSSR count). The van der Waals surface area contributed by atoms with Crippen molar-refractivity contribution in [3.8, 4) is 0 Å². The number of ketones is 1. The fraction of sp³-hybridized carbons (Fsp3) is 0.867. The molecule has 0 atom stereocenters. The van der Waals surface area contributed by atoms with Gasteiger partial charge in [0.2, 0.25) is 5.91 Å². The summed E-state index contributed by atoms with van der Waals surface area (Å²) in [6, 6.07) is 0. The summed E-state index contributed by atoms with van der Waals surface area (Å²) in [4.78, 5) is 22.7. The van der Waals surface area contributed by atoms with Gasteiger partial charge in [-0.2, -0.15) is 0 Å². The minimum Gasteiger partial charge on any atom is -0.380 e. The lowest BCUT2D eigenvalue weighted by molar-refractivity contribution is -0.122. The van der Waals surface area contributed by atoms with Gasteiger partial charge in [0, 0.05) is 31.9 Å². The predicted octanol–water partition coefficient (Wildman–Crippen LogP) is 2.56. The van der Waals surface area contributed by atoms with Crippen molar-refractivity contribution >= 4 is 11.7 Å². The first-order valence-corrected chi connectivity index (χ1v) is 7.30. The van der Waals surface area contributed by atoms with E-state index in [9.17, 15) is 9.59 Å². The average Bonchev–Trinajstić information content (AvgIpc) is 2.34. The fourth-order valence-corrected chi connectivity index (χ4v) is 1.51. The number of carbonyl (C=O) groups is 2. The zero-order valence-electron chi connectivity index (χ0n) is 12.8. The molecule has 0 bridgehead atoms. The topological polar surface area (TPSA) is 55.4 Å². The van der Waals surface area contributed by atoms with Gasteiger partial charge < -0.3 is 10.1 Å². The molecule has 4 nitrogen and oxygen atoms in total. The summed E-state index contributed by atoms with van der Waals surface area (Å²) in [6.45, 7) is 9.69. The Morgan fingerprint density at radius 3 is 2.32 bits per heavy atom. The van der Waals surface area contributed by atoms with Crippen LogP contribution in [-0.2, 0) is 14.3 Å². The van der Waals surface area contributed by atoms with E-state index in [1.54, 1.807) is 0 Å². The molecule has 4 heteroatoms. The van der Waals surface area contributed by atoms with Crippen LogP contribution in [0.25, 0.3) is 0 Å². The van der Waals surface area contributed by atoms with Gasteiger partial charge in [-0.25, -0.2) is 0 Å². The second kappa shape index (κ2) is 11.0. The maximum atomic E-state index is 11.4. The highest BCUT2D eigenvalue weighted by molar-refractivity contribution is 5.80. The van der Waals surface area contributed by atoms with Crippen molar-refractivity contribution in [1.82, 2.24) is 5.32 Å². The van der Waals surface area contributed by atoms with Gasteiger partial charge in [0.15, 0.2) is 0 Å². The predicted molar refractivity (Wildman–Crippen MR) is 77.0 cm³/mol. The minimum atomic E-state index is 0.0901. The number of nitrogens with one attached hydrogen (secondary N) is 1. The van der Waals surface area contributed by atoms with Crippen molar-refractivity contribution < 1.29 is 14.3 Å². The molecule has 0 unspecified atom stereocenters. The summed E-state index contributed by atoms with van der Waals surface area (Å²) in [5.41, 5.74) is 0. The number of carbonyl (C=O) groups excluding carboxylic acids is 2. The molecule has 0 spiro atoms. The van der Waals surface area contributed by atoms with E-state index in [1.165, 1.54) is 0 Å². The van der Waals surface area contributed by atoms with Crippen molar-refractivity contribution in [3.05, 3.63) is 0 Å². The largest absolute Gasteiger partial charge is 0.380 e. The second-order valence-electron chi connectivity index (χ2n) is 5.62. The molecule has 0 fully saturated rings. The normalized spacial score (nSPS) is 11.1. The van der Waals surface area contributed by atoms with Crippen molar-refractivity contribution in [1.29, 1.82) is 0 Å². The van der Waals surface area contributed by atoms with Gasteiger partial charge >= 0.3 is 0 Å². The monoisotopic (exact) mass is 271 g/mol. The number of amides is 1. The van der Waals surface area contributed by atoms with Crippen molar-refractivity contribution in [2.75, 3.05) is 19.8 Å². The second-order valence-corrected chi connectivity index (χ2v) is 5.62. The number of hydrogen-bond donors (Lipinski definition) is 1. The number of hydrogen-bond acceptors (Lipinski definition) is 3. The Bertz CT molecular complexity index is 262. The van der Waals surface area contributed by atoms with Gasteiger partial charge in [-0.15, -0.1) is 0 Å². The van der Waals surface area contributed by atoms with Gasteiger partial charge in [-0.05, 0) is 18.8 Å². The van der Waals surface area contributed by atoms with Crippen LogP contribution in [0.5, 0.6) is 0 Å². The molecule has 0 aromatic heterocycles. The Kier molecular flexibility index (Phi) is 10.5. The Morgan fingerprint density at radius 2 is 1.74 bits per heavy atom. The van der Waals surface area contributed by atoms with Crippen LogP contribution in [0.3, 0.4) is 0 Å². The zero-order chi connectivity index (χ0) is 14.7. The first-order chi connectivity index (χ1) is 8.93. The van der Waals surface area contributed by atoms with E-state index in [0.717, 1.165) is 12.8 Å². The van der Waals surface area contributed by atoms with E-state index in [0.29, 0.717) is 38.5 Å². The van der Waals surface area contributed by atoms with Gasteiger partial charge in [0.1, 0.15) is 5.78 Å².